The summed E-state index contributed by atoms with van der Waals surface area (Å²) in [5.74, 6) is 0. The fourth-order valence-electron chi connectivity index (χ4n) is 3.29. The van der Waals surface area contributed by atoms with E-state index in [1.807, 2.05) is 0 Å². The fraction of sp³-hybridized carbons (Fsp3) is 0.647. The van der Waals surface area contributed by atoms with Crippen LogP contribution in [0.1, 0.15) is 35.6 Å². The molecule has 0 radical (unpaired) electrons. The van der Waals surface area contributed by atoms with Gasteiger partial charge in [0, 0.05) is 25.2 Å². The molecule has 112 valence electrons. The fourth-order valence-corrected chi connectivity index (χ4v) is 3.29. The molecule has 0 saturated carbocycles. The van der Waals surface area contributed by atoms with E-state index in [-0.39, 0.29) is 6.04 Å². The van der Waals surface area contributed by atoms with Gasteiger partial charge in [-0.1, -0.05) is 29.3 Å². The summed E-state index contributed by atoms with van der Waals surface area (Å²) in [6, 6.07) is 7.39. The van der Waals surface area contributed by atoms with E-state index in [0.29, 0.717) is 6.04 Å². The molecular formula is C17H29N3. The van der Waals surface area contributed by atoms with Crippen molar-refractivity contribution in [3.8, 4) is 0 Å². The predicted octanol–water partition coefficient (Wildman–Crippen LogP) is 2.33. The molecule has 1 aliphatic heterocycles. The summed E-state index contributed by atoms with van der Waals surface area (Å²) < 4.78 is 0. The molecule has 2 rings (SSSR count). The maximum Gasteiger partial charge on any atom is 0.0424 e. The van der Waals surface area contributed by atoms with Crippen molar-refractivity contribution < 1.29 is 0 Å². The van der Waals surface area contributed by atoms with Crippen LogP contribution in [0.3, 0.4) is 0 Å². The summed E-state index contributed by atoms with van der Waals surface area (Å²) in [5, 5.41) is 0. The van der Waals surface area contributed by atoms with Crippen molar-refractivity contribution in [3.05, 3.63) is 34.9 Å². The van der Waals surface area contributed by atoms with Crippen molar-refractivity contribution in [3.63, 3.8) is 0 Å². The molecule has 1 heterocycles. The number of aryl methyl sites for hydroxylation is 2. The van der Waals surface area contributed by atoms with E-state index in [2.05, 4.69) is 55.9 Å². The lowest BCUT2D eigenvalue weighted by molar-refractivity contribution is 0.129. The molecule has 1 aliphatic rings. The van der Waals surface area contributed by atoms with Gasteiger partial charge in [0.25, 0.3) is 0 Å². The normalized spacial score (nSPS) is 22.2. The van der Waals surface area contributed by atoms with E-state index in [9.17, 15) is 0 Å². The number of nitrogens with zero attached hydrogens (tertiary/aromatic N) is 2. The van der Waals surface area contributed by atoms with Crippen molar-refractivity contribution in [1.82, 2.24) is 9.80 Å². The second-order valence-electron chi connectivity index (χ2n) is 6.53. The lowest BCUT2D eigenvalue weighted by atomic mass is 10.00. The molecule has 1 aromatic carbocycles. The summed E-state index contributed by atoms with van der Waals surface area (Å²) >= 11 is 0. The molecule has 1 saturated heterocycles. The molecule has 3 heteroatoms. The summed E-state index contributed by atoms with van der Waals surface area (Å²) in [5.41, 5.74) is 10.3. The van der Waals surface area contributed by atoms with Gasteiger partial charge in [-0.05, 0) is 52.9 Å². The summed E-state index contributed by atoms with van der Waals surface area (Å²) in [7, 11) is 4.43. The van der Waals surface area contributed by atoms with Crippen LogP contribution in [0.4, 0.5) is 0 Å². The van der Waals surface area contributed by atoms with E-state index in [0.717, 1.165) is 13.1 Å². The number of hydrogen-bond acceptors (Lipinski definition) is 3. The van der Waals surface area contributed by atoms with Gasteiger partial charge in [0.1, 0.15) is 0 Å². The predicted molar refractivity (Wildman–Crippen MR) is 86.0 cm³/mol. The molecule has 0 aromatic heterocycles. The highest BCUT2D eigenvalue weighted by Crippen LogP contribution is 2.19. The van der Waals surface area contributed by atoms with E-state index in [1.165, 1.54) is 36.1 Å². The van der Waals surface area contributed by atoms with Crippen molar-refractivity contribution in [2.45, 2.75) is 38.8 Å². The molecule has 2 unspecified atom stereocenters. The Morgan fingerprint density at radius 2 is 1.95 bits per heavy atom. The zero-order valence-electron chi connectivity index (χ0n) is 13.4. The molecule has 1 fully saturated rings. The van der Waals surface area contributed by atoms with Gasteiger partial charge in [-0.2, -0.15) is 0 Å². The first kappa shape index (κ1) is 15.5. The molecule has 0 bridgehead atoms. The second kappa shape index (κ2) is 6.70. The maximum atomic E-state index is 6.42. The topological polar surface area (TPSA) is 32.5 Å². The monoisotopic (exact) mass is 275 g/mol. The van der Waals surface area contributed by atoms with Crippen LogP contribution < -0.4 is 5.73 Å². The smallest absolute Gasteiger partial charge is 0.0424 e. The highest BCUT2D eigenvalue weighted by molar-refractivity contribution is 5.30. The largest absolute Gasteiger partial charge is 0.323 e. The van der Waals surface area contributed by atoms with Gasteiger partial charge in [0.2, 0.25) is 0 Å². The van der Waals surface area contributed by atoms with Gasteiger partial charge in [0.15, 0.2) is 0 Å². The van der Waals surface area contributed by atoms with Crippen LogP contribution in [0, 0.1) is 13.8 Å². The Kier molecular flexibility index (Phi) is 5.19. The standard InChI is InChI=1S/C17H29N3/c1-13-8-14(2)10-15(9-13)17(18)12-20(4)16-6-5-7-19(3)11-16/h8-10,16-17H,5-7,11-12,18H2,1-4H3. The minimum Gasteiger partial charge on any atom is -0.323 e. The van der Waals surface area contributed by atoms with Crippen LogP contribution in [-0.2, 0) is 0 Å². The molecule has 3 nitrogen and oxygen atoms in total. The van der Waals surface area contributed by atoms with Crippen LogP contribution in [0.25, 0.3) is 0 Å². The first-order valence-electron chi connectivity index (χ1n) is 7.68. The first-order valence-corrected chi connectivity index (χ1v) is 7.68. The Balaban J connectivity index is 1.97. The Labute approximate surface area is 123 Å². The lowest BCUT2D eigenvalue weighted by Gasteiger charge is -2.37. The SMILES string of the molecule is Cc1cc(C)cc(C(N)CN(C)C2CCCN(C)C2)c1. The number of nitrogens with two attached hydrogens (primary N) is 1. The minimum atomic E-state index is 0.103. The zero-order chi connectivity index (χ0) is 14.7. The first-order chi connectivity index (χ1) is 9.45. The number of benzene rings is 1. The average molecular weight is 275 g/mol. The minimum absolute atomic E-state index is 0.103. The summed E-state index contributed by atoms with van der Waals surface area (Å²) in [6.07, 6.45) is 2.59. The molecule has 0 aliphatic carbocycles. The van der Waals surface area contributed by atoms with Crippen LogP contribution in [0.15, 0.2) is 18.2 Å². The maximum absolute atomic E-state index is 6.42. The van der Waals surface area contributed by atoms with Crippen LogP contribution >= 0.6 is 0 Å². The van der Waals surface area contributed by atoms with Gasteiger partial charge in [-0.25, -0.2) is 0 Å². The third kappa shape index (κ3) is 4.05. The van der Waals surface area contributed by atoms with E-state index >= 15 is 0 Å². The summed E-state index contributed by atoms with van der Waals surface area (Å²) in [4.78, 5) is 4.87. The molecule has 20 heavy (non-hydrogen) atoms. The number of likely N-dealkylation sites (tertiary alicyclic amines) is 1. The van der Waals surface area contributed by atoms with Gasteiger partial charge in [0.05, 0.1) is 0 Å². The Bertz CT molecular complexity index is 424. The molecule has 1 aromatic rings. The van der Waals surface area contributed by atoms with Crippen molar-refractivity contribution >= 4 is 0 Å². The third-order valence-corrected chi connectivity index (χ3v) is 4.38. The molecule has 2 N–H and O–H groups in total. The van der Waals surface area contributed by atoms with Gasteiger partial charge < -0.3 is 15.5 Å². The summed E-state index contributed by atoms with van der Waals surface area (Å²) in [6.45, 7) is 7.61. The van der Waals surface area contributed by atoms with Crippen LogP contribution in [-0.4, -0.2) is 49.6 Å². The lowest BCUT2D eigenvalue weighted by Crippen LogP contribution is -2.46. The van der Waals surface area contributed by atoms with Gasteiger partial charge >= 0.3 is 0 Å². The Hall–Kier alpha value is -0.900. The van der Waals surface area contributed by atoms with E-state index in [4.69, 9.17) is 5.73 Å². The zero-order valence-corrected chi connectivity index (χ0v) is 13.4. The van der Waals surface area contributed by atoms with Crippen molar-refractivity contribution in [1.29, 1.82) is 0 Å². The van der Waals surface area contributed by atoms with Crippen molar-refractivity contribution in [2.75, 3.05) is 33.7 Å². The van der Waals surface area contributed by atoms with Gasteiger partial charge in [-0.3, -0.25) is 0 Å². The van der Waals surface area contributed by atoms with Gasteiger partial charge in [-0.15, -0.1) is 0 Å². The van der Waals surface area contributed by atoms with E-state index < -0.39 is 0 Å². The quantitative estimate of drug-likeness (QED) is 0.915. The van der Waals surface area contributed by atoms with Crippen LogP contribution in [0.5, 0.6) is 0 Å². The molecule has 0 amide bonds. The number of piperidine rings is 1. The van der Waals surface area contributed by atoms with Crippen LogP contribution in [0.2, 0.25) is 0 Å². The highest BCUT2D eigenvalue weighted by Gasteiger charge is 2.22. The molecule has 0 spiro atoms. The number of likely N-dealkylation sites (N-methyl/N-ethyl adjacent to an activating group) is 2. The Morgan fingerprint density at radius 1 is 1.30 bits per heavy atom. The average Bonchev–Trinajstić information content (AvgIpc) is 2.37. The molecular weight excluding hydrogens is 246 g/mol. The molecule has 2 atom stereocenters. The van der Waals surface area contributed by atoms with Crippen molar-refractivity contribution in [2.24, 2.45) is 5.73 Å². The second-order valence-corrected chi connectivity index (χ2v) is 6.53. The number of hydrogen-bond donors (Lipinski definition) is 1. The Morgan fingerprint density at radius 3 is 2.55 bits per heavy atom. The third-order valence-electron chi connectivity index (χ3n) is 4.38. The highest BCUT2D eigenvalue weighted by atomic mass is 15.2. The van der Waals surface area contributed by atoms with E-state index in [1.54, 1.807) is 0 Å². The number of rotatable bonds is 4.